The molecule has 1 aromatic carbocycles. The van der Waals surface area contributed by atoms with Gasteiger partial charge in [0.2, 0.25) is 5.91 Å². The van der Waals surface area contributed by atoms with E-state index in [1.54, 1.807) is 30.0 Å². The largest absolute Gasteiger partial charge is 0.317 e. The van der Waals surface area contributed by atoms with Gasteiger partial charge in [0.15, 0.2) is 10.7 Å². The van der Waals surface area contributed by atoms with E-state index in [1.807, 2.05) is 6.07 Å². The summed E-state index contributed by atoms with van der Waals surface area (Å²) in [4.78, 5) is 30.0. The molecule has 2 aromatic rings. The minimum atomic E-state index is -1.26. The first-order valence-electron chi connectivity index (χ1n) is 6.72. The van der Waals surface area contributed by atoms with Crippen molar-refractivity contribution in [2.24, 2.45) is 0 Å². The number of aromatic nitrogens is 2. The predicted molar refractivity (Wildman–Crippen MR) is 78.1 cm³/mol. The monoisotopic (exact) mass is 303 g/mol. The van der Waals surface area contributed by atoms with Crippen LogP contribution in [0.3, 0.4) is 0 Å². The van der Waals surface area contributed by atoms with Crippen LogP contribution in [0, 0.1) is 0 Å². The molecule has 1 fully saturated rings. The fourth-order valence-electron chi connectivity index (χ4n) is 3.18. The molecular weight excluding hydrogens is 290 g/mol. The lowest BCUT2D eigenvalue weighted by molar-refractivity contribution is -0.136. The Bertz CT molecular complexity index is 875. The number of nitrogens with zero attached hydrogens (tertiary/aromatic N) is 3. The van der Waals surface area contributed by atoms with Crippen LogP contribution in [0.1, 0.15) is 12.7 Å². The number of amides is 1. The molecule has 1 aromatic heterocycles. The van der Waals surface area contributed by atoms with Gasteiger partial charge in [0, 0.05) is 12.3 Å². The number of carbonyl (C=O) groups is 1. The third-order valence-electron chi connectivity index (χ3n) is 4.33. The number of carbonyl (C=O) groups excluding carboxylic acids is 1. The van der Waals surface area contributed by atoms with Gasteiger partial charge in [-0.25, -0.2) is 4.98 Å². The van der Waals surface area contributed by atoms with Gasteiger partial charge < -0.3 is 4.90 Å². The van der Waals surface area contributed by atoms with Crippen molar-refractivity contribution in [1.29, 1.82) is 0 Å². The second-order valence-corrected chi connectivity index (χ2v) is 7.32. The highest BCUT2D eigenvalue weighted by molar-refractivity contribution is 7.86. The van der Waals surface area contributed by atoms with Gasteiger partial charge in [-0.3, -0.25) is 18.4 Å². The summed E-state index contributed by atoms with van der Waals surface area (Å²) < 4.78 is 13.8. The Morgan fingerprint density at radius 3 is 2.86 bits per heavy atom. The lowest BCUT2D eigenvalue weighted by Gasteiger charge is -2.38. The molecule has 0 N–H and O–H groups in total. The Hall–Kier alpha value is -2.02. The highest BCUT2D eigenvalue weighted by Crippen LogP contribution is 2.38. The van der Waals surface area contributed by atoms with Crippen molar-refractivity contribution in [3.05, 3.63) is 40.4 Å². The lowest BCUT2D eigenvalue weighted by atomic mass is 10.1. The smallest absolute Gasteiger partial charge is 0.261 e. The summed E-state index contributed by atoms with van der Waals surface area (Å²) in [6, 6.07) is 7.04. The highest BCUT2D eigenvalue weighted by atomic mass is 32.2. The number of benzene rings is 1. The molecule has 6 nitrogen and oxygen atoms in total. The highest BCUT2D eigenvalue weighted by Gasteiger charge is 2.53. The molecule has 0 radical (unpaired) electrons. The van der Waals surface area contributed by atoms with E-state index >= 15 is 0 Å². The Labute approximate surface area is 122 Å². The second kappa shape index (κ2) is 4.00. The lowest BCUT2D eigenvalue weighted by Crippen LogP contribution is -2.54. The zero-order chi connectivity index (χ0) is 14.8. The van der Waals surface area contributed by atoms with Crippen molar-refractivity contribution in [1.82, 2.24) is 14.5 Å². The summed E-state index contributed by atoms with van der Waals surface area (Å²) in [7, 11) is -1.26. The number of hydrogen-bond acceptors (Lipinski definition) is 4. The fourth-order valence-corrected chi connectivity index (χ4v) is 4.73. The van der Waals surface area contributed by atoms with Gasteiger partial charge in [-0.2, -0.15) is 0 Å². The molecule has 2 aliphatic heterocycles. The van der Waals surface area contributed by atoms with Crippen LogP contribution in [-0.2, 0) is 27.0 Å². The van der Waals surface area contributed by atoms with E-state index in [4.69, 9.17) is 0 Å². The molecule has 21 heavy (non-hydrogen) atoms. The Morgan fingerprint density at radius 1 is 1.29 bits per heavy atom. The van der Waals surface area contributed by atoms with Gasteiger partial charge >= 0.3 is 0 Å². The topological polar surface area (TPSA) is 72.3 Å². The van der Waals surface area contributed by atoms with Crippen LogP contribution in [-0.4, -0.2) is 36.9 Å². The van der Waals surface area contributed by atoms with E-state index in [-0.39, 0.29) is 18.0 Å². The maximum atomic E-state index is 12.6. The summed E-state index contributed by atoms with van der Waals surface area (Å²) >= 11 is 0. The van der Waals surface area contributed by atoms with E-state index in [2.05, 4.69) is 4.98 Å². The third kappa shape index (κ3) is 1.47. The molecule has 108 valence electrons. The number of rotatable bonds is 0. The number of para-hydroxylation sites is 1. The van der Waals surface area contributed by atoms with Gasteiger partial charge in [-0.1, -0.05) is 12.1 Å². The van der Waals surface area contributed by atoms with E-state index < -0.39 is 15.7 Å². The van der Waals surface area contributed by atoms with Crippen molar-refractivity contribution in [2.75, 3.05) is 12.3 Å². The zero-order valence-electron chi connectivity index (χ0n) is 11.4. The first-order chi connectivity index (χ1) is 10.0. The molecule has 4 rings (SSSR count). The first-order valence-corrected chi connectivity index (χ1v) is 8.04. The van der Waals surface area contributed by atoms with Gasteiger partial charge in [0.05, 0.1) is 21.7 Å². The summed E-state index contributed by atoms with van der Waals surface area (Å²) in [5, 5.41) is 0.481. The van der Waals surface area contributed by atoms with Crippen molar-refractivity contribution >= 4 is 27.6 Å². The van der Waals surface area contributed by atoms with Crippen molar-refractivity contribution in [3.8, 4) is 0 Å². The molecule has 2 atom stereocenters. The minimum absolute atomic E-state index is 0.0290. The molecule has 1 amide bonds. The molecule has 0 aliphatic carbocycles. The molecule has 7 heteroatoms. The SMILES string of the molecule is CC12c3nc4ccccc4c(=O)n3CC(=O)N1CCS2=O. The maximum Gasteiger partial charge on any atom is 0.261 e. The molecule has 3 heterocycles. The molecule has 2 aliphatic rings. The Balaban J connectivity index is 2.13. The average molecular weight is 303 g/mol. The number of hydrogen-bond donors (Lipinski definition) is 0. The normalized spacial score (nSPS) is 27.8. The molecule has 0 saturated carbocycles. The molecule has 1 saturated heterocycles. The standard InChI is InChI=1S/C14H13N3O3S/c1-14-13-15-10-5-3-2-4-9(10)12(19)16(13)8-11(18)17(14)6-7-21(14)20/h2-5H,6-8H2,1H3. The van der Waals surface area contributed by atoms with E-state index in [0.717, 1.165) is 0 Å². The average Bonchev–Trinajstić information content (AvgIpc) is 2.79. The predicted octanol–water partition coefficient (Wildman–Crippen LogP) is 0.174. The second-order valence-electron chi connectivity index (χ2n) is 5.42. The van der Waals surface area contributed by atoms with Crippen LogP contribution in [0.25, 0.3) is 10.9 Å². The van der Waals surface area contributed by atoms with E-state index in [9.17, 15) is 13.8 Å². The zero-order valence-corrected chi connectivity index (χ0v) is 12.2. The first kappa shape index (κ1) is 12.7. The summed E-state index contributed by atoms with van der Waals surface area (Å²) in [6.07, 6.45) is 0. The maximum absolute atomic E-state index is 12.6. The van der Waals surface area contributed by atoms with Crippen molar-refractivity contribution in [3.63, 3.8) is 0 Å². The minimum Gasteiger partial charge on any atom is -0.317 e. The van der Waals surface area contributed by atoms with Gasteiger partial charge in [-0.15, -0.1) is 0 Å². The molecular formula is C14H13N3O3S. The van der Waals surface area contributed by atoms with Crippen molar-refractivity contribution in [2.45, 2.75) is 18.3 Å². The molecule has 2 unspecified atom stereocenters. The van der Waals surface area contributed by atoms with Crippen LogP contribution >= 0.6 is 0 Å². The van der Waals surface area contributed by atoms with Crippen LogP contribution in [0.4, 0.5) is 0 Å². The summed E-state index contributed by atoms with van der Waals surface area (Å²) in [6.45, 7) is 2.16. The van der Waals surface area contributed by atoms with Gasteiger partial charge in [0.25, 0.3) is 5.56 Å². The van der Waals surface area contributed by atoms with Crippen LogP contribution < -0.4 is 5.56 Å². The van der Waals surface area contributed by atoms with Crippen LogP contribution in [0.5, 0.6) is 0 Å². The van der Waals surface area contributed by atoms with E-state index in [0.29, 0.717) is 29.0 Å². The van der Waals surface area contributed by atoms with Crippen LogP contribution in [0.15, 0.2) is 29.1 Å². The Morgan fingerprint density at radius 2 is 2.05 bits per heavy atom. The quantitative estimate of drug-likeness (QED) is 0.696. The Kier molecular flexibility index (Phi) is 2.42. The summed E-state index contributed by atoms with van der Waals surface area (Å²) in [5.41, 5.74) is 0.335. The van der Waals surface area contributed by atoms with Gasteiger partial charge in [-0.05, 0) is 19.1 Å². The summed E-state index contributed by atoms with van der Waals surface area (Å²) in [5.74, 6) is 0.682. The third-order valence-corrected chi connectivity index (χ3v) is 6.17. The fraction of sp³-hybridized carbons (Fsp3) is 0.357. The number of fused-ring (bicyclic) bond motifs is 4. The molecule has 0 spiro atoms. The van der Waals surface area contributed by atoms with Crippen LogP contribution in [0.2, 0.25) is 0 Å². The van der Waals surface area contributed by atoms with E-state index in [1.165, 1.54) is 4.57 Å². The van der Waals surface area contributed by atoms with Crippen molar-refractivity contribution < 1.29 is 9.00 Å². The van der Waals surface area contributed by atoms with Gasteiger partial charge in [0.1, 0.15) is 6.54 Å². The molecule has 0 bridgehead atoms.